The van der Waals surface area contributed by atoms with Crippen molar-refractivity contribution < 1.29 is 14.6 Å². The Bertz CT molecular complexity index is 257. The largest absolute Gasteiger partial charge is 0.451 e. The van der Waals surface area contributed by atoms with Crippen molar-refractivity contribution in [1.29, 1.82) is 0 Å². The Morgan fingerprint density at radius 1 is 1.00 bits per heavy atom. The highest BCUT2D eigenvalue weighted by Gasteiger charge is 2.14. The predicted octanol–water partition coefficient (Wildman–Crippen LogP) is 5.30. The van der Waals surface area contributed by atoms with Crippen LogP contribution in [0.1, 0.15) is 91.4 Å². The number of rotatable bonds is 15. The van der Waals surface area contributed by atoms with Crippen LogP contribution in [0.2, 0.25) is 0 Å². The maximum atomic E-state index is 11.0. The van der Waals surface area contributed by atoms with Gasteiger partial charge in [0.25, 0.3) is 0 Å². The molecule has 0 amide bonds. The molecule has 0 fully saturated rings. The molecule has 0 aliphatic heterocycles. The van der Waals surface area contributed by atoms with Gasteiger partial charge in [-0.2, -0.15) is 0 Å². The molecule has 0 aromatic rings. The van der Waals surface area contributed by atoms with Gasteiger partial charge in [0.15, 0.2) is 0 Å². The smallest absolute Gasteiger partial charge is 0.303 e. The van der Waals surface area contributed by atoms with Gasteiger partial charge in [0.05, 0.1) is 6.10 Å². The fraction of sp³-hybridized carbons (Fsp3) is 0.944. The minimum atomic E-state index is -0.426. The van der Waals surface area contributed by atoms with E-state index < -0.39 is 6.10 Å². The summed E-state index contributed by atoms with van der Waals surface area (Å²) in [5.41, 5.74) is -0.198. The van der Waals surface area contributed by atoms with E-state index in [-0.39, 0.29) is 11.4 Å². The number of carbonyl (C=O) groups excluding carboxylic acids is 1. The maximum Gasteiger partial charge on any atom is 0.303 e. The van der Waals surface area contributed by atoms with Gasteiger partial charge in [-0.25, -0.2) is 0 Å². The summed E-state index contributed by atoms with van der Waals surface area (Å²) in [5, 5.41) is 9.41. The first kappa shape index (κ1) is 21.8. The second-order valence-electron chi connectivity index (χ2n) is 6.18. The van der Waals surface area contributed by atoms with Gasteiger partial charge in [-0.15, -0.1) is 11.8 Å². The first-order chi connectivity index (χ1) is 10.6. The zero-order valence-electron chi connectivity index (χ0n) is 14.8. The molecule has 0 saturated carbocycles. The Hall–Kier alpha value is -0.220. The molecule has 0 saturated heterocycles. The fourth-order valence-corrected chi connectivity index (χ4v) is 3.67. The summed E-state index contributed by atoms with van der Waals surface area (Å²) < 4.78 is 5.22. The molecule has 0 bridgehead atoms. The molecule has 1 N–H and O–H groups in total. The van der Waals surface area contributed by atoms with Gasteiger partial charge in [0.1, 0.15) is 5.44 Å². The molecule has 22 heavy (non-hydrogen) atoms. The summed E-state index contributed by atoms with van der Waals surface area (Å²) in [6.45, 7) is 5.42. The van der Waals surface area contributed by atoms with Crippen molar-refractivity contribution in [3.05, 3.63) is 0 Å². The molecule has 0 aliphatic carbocycles. The second-order valence-corrected chi connectivity index (χ2v) is 7.44. The molecule has 2 unspecified atom stereocenters. The average Bonchev–Trinajstić information content (AvgIpc) is 2.43. The number of carbonyl (C=O) groups is 1. The molecule has 0 spiro atoms. The third-order valence-electron chi connectivity index (χ3n) is 3.63. The minimum Gasteiger partial charge on any atom is -0.451 e. The Morgan fingerprint density at radius 2 is 1.50 bits per heavy atom. The normalized spacial score (nSPS) is 13.8. The molecule has 0 radical (unpaired) electrons. The number of ether oxygens (including phenoxy) is 1. The van der Waals surface area contributed by atoms with Crippen molar-refractivity contribution >= 4 is 17.7 Å². The molecule has 0 aromatic heterocycles. The molecular weight excluding hydrogens is 296 g/mol. The lowest BCUT2D eigenvalue weighted by Crippen LogP contribution is -2.18. The lowest BCUT2D eigenvalue weighted by molar-refractivity contribution is -0.143. The molecule has 3 nitrogen and oxygen atoms in total. The van der Waals surface area contributed by atoms with Crippen LogP contribution in [0.15, 0.2) is 0 Å². The van der Waals surface area contributed by atoms with E-state index in [0.717, 1.165) is 12.2 Å². The van der Waals surface area contributed by atoms with Crippen molar-refractivity contribution in [2.75, 3.05) is 5.75 Å². The summed E-state index contributed by atoms with van der Waals surface area (Å²) in [4.78, 5) is 11.0. The van der Waals surface area contributed by atoms with Gasteiger partial charge >= 0.3 is 5.97 Å². The third-order valence-corrected chi connectivity index (χ3v) is 4.82. The van der Waals surface area contributed by atoms with E-state index in [9.17, 15) is 9.90 Å². The number of hydrogen-bond acceptors (Lipinski definition) is 4. The van der Waals surface area contributed by atoms with Crippen LogP contribution >= 0.6 is 11.8 Å². The number of aliphatic hydroxyl groups is 1. The summed E-state index contributed by atoms with van der Waals surface area (Å²) in [6, 6.07) is 0. The zero-order valence-corrected chi connectivity index (χ0v) is 15.6. The van der Waals surface area contributed by atoms with Crippen molar-refractivity contribution in [3.8, 4) is 0 Å². The highest BCUT2D eigenvalue weighted by molar-refractivity contribution is 7.99. The number of hydrogen-bond donors (Lipinski definition) is 1. The molecule has 2 atom stereocenters. The molecule has 0 rings (SSSR count). The van der Waals surface area contributed by atoms with Gasteiger partial charge in [0.2, 0.25) is 0 Å². The second kappa shape index (κ2) is 15.7. The van der Waals surface area contributed by atoms with Crippen LogP contribution in [0.5, 0.6) is 0 Å². The van der Waals surface area contributed by atoms with E-state index in [1.165, 1.54) is 64.7 Å². The molecule has 132 valence electrons. The summed E-state index contributed by atoms with van der Waals surface area (Å²) >= 11 is 1.65. The minimum absolute atomic E-state index is 0.198. The summed E-state index contributed by atoms with van der Waals surface area (Å²) in [6.07, 6.45) is 13.4. The van der Waals surface area contributed by atoms with E-state index in [1.54, 1.807) is 18.7 Å². The van der Waals surface area contributed by atoms with E-state index in [4.69, 9.17) is 4.74 Å². The number of esters is 1. The van der Waals surface area contributed by atoms with Crippen LogP contribution in [0.3, 0.4) is 0 Å². The third kappa shape index (κ3) is 16.2. The monoisotopic (exact) mass is 332 g/mol. The summed E-state index contributed by atoms with van der Waals surface area (Å²) in [5.74, 6) is 0.738. The number of aliphatic hydroxyl groups excluding tert-OH is 1. The first-order valence-electron chi connectivity index (χ1n) is 9.03. The van der Waals surface area contributed by atoms with Crippen LogP contribution in [-0.2, 0) is 9.53 Å². The van der Waals surface area contributed by atoms with E-state index >= 15 is 0 Å². The number of unbranched alkanes of at least 4 members (excludes halogenated alkanes) is 9. The first-order valence-corrected chi connectivity index (χ1v) is 10.1. The van der Waals surface area contributed by atoms with E-state index in [2.05, 4.69) is 6.92 Å². The standard InChI is InChI=1S/C18H36O3S/c1-4-5-6-7-8-9-10-11-12-13-14-22-18(15-16(2)19)21-17(3)20/h16,18-19H,4-15H2,1-3H3. The quantitative estimate of drug-likeness (QED) is 0.251. The van der Waals surface area contributed by atoms with Crippen LogP contribution < -0.4 is 0 Å². The topological polar surface area (TPSA) is 46.5 Å². The molecular formula is C18H36O3S. The predicted molar refractivity (Wildman–Crippen MR) is 96.2 cm³/mol. The molecule has 0 aliphatic rings. The van der Waals surface area contributed by atoms with Crippen molar-refractivity contribution in [2.45, 2.75) is 103 Å². The highest BCUT2D eigenvalue weighted by atomic mass is 32.2. The van der Waals surface area contributed by atoms with Crippen LogP contribution in [0, 0.1) is 0 Å². The van der Waals surface area contributed by atoms with Gasteiger partial charge in [0, 0.05) is 13.3 Å². The van der Waals surface area contributed by atoms with Crippen molar-refractivity contribution in [3.63, 3.8) is 0 Å². The lowest BCUT2D eigenvalue weighted by atomic mass is 10.1. The Morgan fingerprint density at radius 3 is 1.95 bits per heavy atom. The molecule has 0 heterocycles. The maximum absolute atomic E-state index is 11.0. The Balaban J connectivity index is 3.43. The van der Waals surface area contributed by atoms with E-state index in [0.29, 0.717) is 6.42 Å². The summed E-state index contributed by atoms with van der Waals surface area (Å²) in [7, 11) is 0. The van der Waals surface area contributed by atoms with Gasteiger partial charge < -0.3 is 9.84 Å². The van der Waals surface area contributed by atoms with E-state index in [1.807, 2.05) is 0 Å². The van der Waals surface area contributed by atoms with Gasteiger partial charge in [-0.3, -0.25) is 4.79 Å². The van der Waals surface area contributed by atoms with Crippen LogP contribution in [0.25, 0.3) is 0 Å². The van der Waals surface area contributed by atoms with Crippen LogP contribution in [-0.4, -0.2) is 28.4 Å². The Kier molecular flexibility index (Phi) is 15.5. The SMILES string of the molecule is CCCCCCCCCCCCSC(CC(C)O)OC(C)=O. The van der Waals surface area contributed by atoms with Crippen LogP contribution in [0.4, 0.5) is 0 Å². The van der Waals surface area contributed by atoms with Gasteiger partial charge in [-0.1, -0.05) is 64.7 Å². The van der Waals surface area contributed by atoms with Crippen molar-refractivity contribution in [1.82, 2.24) is 0 Å². The average molecular weight is 333 g/mol. The molecule has 0 aromatic carbocycles. The highest BCUT2D eigenvalue weighted by Crippen LogP contribution is 2.20. The number of thioether (sulfide) groups is 1. The Labute approximate surface area is 141 Å². The molecule has 4 heteroatoms. The van der Waals surface area contributed by atoms with Crippen molar-refractivity contribution in [2.24, 2.45) is 0 Å². The fourth-order valence-electron chi connectivity index (χ4n) is 2.42. The van der Waals surface area contributed by atoms with Gasteiger partial charge in [-0.05, 0) is 19.1 Å². The zero-order chi connectivity index (χ0) is 16.6. The lowest BCUT2D eigenvalue weighted by Gasteiger charge is -2.17.